The summed E-state index contributed by atoms with van der Waals surface area (Å²) in [5.74, 6) is 0. The van der Waals surface area contributed by atoms with Gasteiger partial charge in [-0.2, -0.15) is 0 Å². The van der Waals surface area contributed by atoms with Gasteiger partial charge < -0.3 is 16.5 Å². The van der Waals surface area contributed by atoms with Crippen LogP contribution in [0, 0.1) is 0 Å². The third-order valence-electron chi connectivity index (χ3n) is 3.52. The average Bonchev–Trinajstić information content (AvgIpc) is 2.29. The summed E-state index contributed by atoms with van der Waals surface area (Å²) in [6.45, 7) is 24.9. The van der Waals surface area contributed by atoms with Crippen LogP contribution in [0.15, 0.2) is 12.3 Å². The molecule has 4 nitrogen and oxygen atoms in total. The Morgan fingerprint density at radius 3 is 1.37 bits per heavy atom. The predicted molar refractivity (Wildman–Crippen MR) is 135 cm³/mol. The third kappa shape index (κ3) is 14.4. The highest BCUT2D eigenvalue weighted by Crippen LogP contribution is 2.32. The molecule has 162 valence electrons. The Morgan fingerprint density at radius 1 is 0.630 bits per heavy atom. The van der Waals surface area contributed by atoms with Crippen LogP contribution in [0.2, 0.25) is 77.6 Å². The second kappa shape index (κ2) is 9.92. The second-order valence-electron chi connectivity index (χ2n) is 9.29. The third-order valence-corrected chi connectivity index (χ3v) is 25.1. The summed E-state index contributed by atoms with van der Waals surface area (Å²) in [6, 6.07) is -1.19. The van der Waals surface area contributed by atoms with Gasteiger partial charge in [-0.15, -0.1) is 39.8 Å². The van der Waals surface area contributed by atoms with E-state index in [1.807, 2.05) is 5.70 Å². The first-order chi connectivity index (χ1) is 11.6. The molecule has 0 saturated heterocycles. The van der Waals surface area contributed by atoms with E-state index in [-0.39, 0.29) is 0 Å². The van der Waals surface area contributed by atoms with Crippen molar-refractivity contribution in [2.75, 3.05) is 0 Å². The van der Waals surface area contributed by atoms with Gasteiger partial charge in [0.1, 0.15) is 0 Å². The van der Waals surface area contributed by atoms with Gasteiger partial charge in [-0.1, -0.05) is 5.70 Å². The van der Waals surface area contributed by atoms with Gasteiger partial charge in [0.25, 0.3) is 0 Å². The Hall–Kier alpha value is 1.75. The first-order valence-corrected chi connectivity index (χ1v) is 28.9. The van der Waals surface area contributed by atoms with E-state index in [1.54, 1.807) is 0 Å². The first kappa shape index (κ1) is 28.8. The summed E-state index contributed by atoms with van der Waals surface area (Å²) in [4.78, 5) is 0. The topological polar surface area (TPSA) is 36.9 Å². The zero-order chi connectivity index (χ0) is 21.9. The van der Waals surface area contributed by atoms with Crippen LogP contribution >= 0.6 is 33.2 Å². The lowest BCUT2D eigenvalue weighted by molar-refractivity contribution is 0.300. The molecule has 0 atom stereocenters. The van der Waals surface area contributed by atoms with Crippen LogP contribution in [0.5, 0.6) is 0 Å². The molecule has 13 heteroatoms. The summed E-state index contributed by atoms with van der Waals surface area (Å²) in [6.07, 6.45) is 0. The lowest BCUT2D eigenvalue weighted by atomic mass is 10.9. The molecular weight excluding hydrogens is 507 g/mol. The van der Waals surface area contributed by atoms with Crippen molar-refractivity contribution in [3.05, 3.63) is 12.3 Å². The zero-order valence-electron chi connectivity index (χ0n) is 18.5. The molecule has 0 fully saturated rings. The van der Waals surface area contributed by atoms with Crippen LogP contribution < -0.4 is 0 Å². The maximum atomic E-state index is 6.52. The van der Waals surface area contributed by atoms with Crippen molar-refractivity contribution >= 4 is 81.6 Å². The fourth-order valence-corrected chi connectivity index (χ4v) is 31.4. The minimum Gasteiger partial charge on any atom is -0.436 e. The maximum Gasteiger partial charge on any atom is 0.341 e. The number of halogens is 3. The van der Waals surface area contributed by atoms with Crippen LogP contribution in [0.4, 0.5) is 0 Å². The van der Waals surface area contributed by atoms with Crippen molar-refractivity contribution in [1.82, 2.24) is 0 Å². The van der Waals surface area contributed by atoms with Crippen LogP contribution in [0.3, 0.4) is 0 Å². The smallest absolute Gasteiger partial charge is 0.341 e. The summed E-state index contributed by atoms with van der Waals surface area (Å²) in [5, 5.41) is 0. The average molecular weight is 544 g/mol. The Labute approximate surface area is 187 Å². The van der Waals surface area contributed by atoms with Crippen molar-refractivity contribution in [2.24, 2.45) is 0 Å². The molecule has 0 unspecified atom stereocenters. The van der Waals surface area contributed by atoms with E-state index < -0.39 is 48.3 Å². The van der Waals surface area contributed by atoms with Gasteiger partial charge in [0, 0.05) is 0 Å². The summed E-state index contributed by atoms with van der Waals surface area (Å²) >= 11 is 18.1. The predicted octanol–water partition coefficient (Wildman–Crippen LogP) is 6.95. The first-order valence-electron chi connectivity index (χ1n) is 9.10. The van der Waals surface area contributed by atoms with Crippen LogP contribution in [-0.2, 0) is 16.5 Å². The molecule has 27 heavy (non-hydrogen) atoms. The standard InChI is InChI=1S/C14H37Cl3O4Si6/c1-12-22(2,3)18-24(6,7)20-26(10,11)21-25(8,9)19-23(4,5)13-14-27(15,16)17/h12H,1,13-14H2,2-11H3. The van der Waals surface area contributed by atoms with Crippen molar-refractivity contribution in [1.29, 1.82) is 0 Å². The molecule has 0 aliphatic heterocycles. The number of hydrogen-bond acceptors (Lipinski definition) is 4. The molecular formula is C14H37Cl3O4Si6. The molecule has 0 aromatic heterocycles. The number of hydrogen-bond donors (Lipinski definition) is 0. The molecule has 0 aromatic carbocycles. The molecule has 0 heterocycles. The van der Waals surface area contributed by atoms with Crippen LogP contribution in [0.1, 0.15) is 0 Å². The Kier molecular flexibility index (Phi) is 10.6. The van der Waals surface area contributed by atoms with Gasteiger partial charge >= 0.3 is 31.7 Å². The normalized spacial score (nSPS) is 15.1. The summed E-state index contributed by atoms with van der Waals surface area (Å²) in [5.41, 5.74) is 1.93. The highest BCUT2D eigenvalue weighted by atomic mass is 35.8. The fourth-order valence-electron chi connectivity index (χ4n) is 3.08. The molecule has 0 radical (unpaired) electrons. The molecule has 0 amide bonds. The SMILES string of the molecule is C=C[Si](C)(C)O[Si](C)(C)O[Si](C)(C)O[Si](C)(C)O[Si](C)(C)CC[Si](Cl)(Cl)Cl. The molecule has 0 saturated carbocycles. The van der Waals surface area contributed by atoms with E-state index in [2.05, 4.69) is 72.0 Å². The van der Waals surface area contributed by atoms with E-state index in [4.69, 9.17) is 49.7 Å². The summed E-state index contributed by atoms with van der Waals surface area (Å²) in [7, 11) is -11.1. The minimum absolute atomic E-state index is 0.619. The van der Waals surface area contributed by atoms with E-state index in [0.29, 0.717) is 6.04 Å². The molecule has 0 bridgehead atoms. The van der Waals surface area contributed by atoms with Gasteiger partial charge in [0.15, 0.2) is 16.6 Å². The molecule has 0 N–H and O–H groups in total. The zero-order valence-corrected chi connectivity index (χ0v) is 26.7. The summed E-state index contributed by atoms with van der Waals surface area (Å²) < 4.78 is 25.8. The van der Waals surface area contributed by atoms with Crippen molar-refractivity contribution in [2.45, 2.75) is 77.6 Å². The van der Waals surface area contributed by atoms with Crippen molar-refractivity contribution < 1.29 is 16.5 Å². The lowest BCUT2D eigenvalue weighted by Crippen LogP contribution is -2.58. The van der Waals surface area contributed by atoms with Crippen LogP contribution in [-0.4, -0.2) is 48.3 Å². The lowest BCUT2D eigenvalue weighted by Gasteiger charge is -2.42. The van der Waals surface area contributed by atoms with Gasteiger partial charge in [-0.25, -0.2) is 0 Å². The Balaban J connectivity index is 5.00. The molecule has 0 aliphatic rings. The van der Waals surface area contributed by atoms with Gasteiger partial charge in [0.05, 0.1) is 0 Å². The van der Waals surface area contributed by atoms with Crippen LogP contribution in [0.25, 0.3) is 0 Å². The van der Waals surface area contributed by atoms with Crippen molar-refractivity contribution in [3.8, 4) is 0 Å². The molecule has 0 rings (SSSR count). The van der Waals surface area contributed by atoms with E-state index >= 15 is 0 Å². The number of rotatable bonds is 12. The Morgan fingerprint density at radius 2 is 1.00 bits per heavy atom. The molecule has 0 aromatic rings. The fraction of sp³-hybridized carbons (Fsp3) is 0.857. The van der Waals surface area contributed by atoms with E-state index in [9.17, 15) is 0 Å². The maximum absolute atomic E-state index is 6.52. The highest BCUT2D eigenvalue weighted by molar-refractivity contribution is 7.64. The Bertz CT molecular complexity index is 510. The van der Waals surface area contributed by atoms with Crippen molar-refractivity contribution in [3.63, 3.8) is 0 Å². The monoisotopic (exact) mass is 542 g/mol. The molecule has 0 spiro atoms. The van der Waals surface area contributed by atoms with Gasteiger partial charge in [0.2, 0.25) is 0 Å². The molecule has 0 aliphatic carbocycles. The largest absolute Gasteiger partial charge is 0.436 e. The van der Waals surface area contributed by atoms with Gasteiger partial charge in [-0.3, -0.25) is 0 Å². The van der Waals surface area contributed by atoms with E-state index in [0.717, 1.165) is 6.04 Å². The van der Waals surface area contributed by atoms with E-state index in [1.165, 1.54) is 0 Å². The minimum atomic E-state index is -2.63. The highest BCUT2D eigenvalue weighted by Gasteiger charge is 2.45. The quantitative estimate of drug-likeness (QED) is 0.197. The van der Waals surface area contributed by atoms with Gasteiger partial charge in [-0.05, 0) is 77.6 Å². The second-order valence-corrected chi connectivity index (χ2v) is 37.9.